The average Bonchev–Trinajstić information content (AvgIpc) is 2.34. The molecule has 0 amide bonds. The molecule has 2 heteroatoms. The normalized spacial score (nSPS) is 13.4. The number of aliphatic hydroxyl groups is 1. The van der Waals surface area contributed by atoms with Crippen molar-refractivity contribution in [3.8, 4) is 11.8 Å². The van der Waals surface area contributed by atoms with E-state index in [1.807, 2.05) is 37.3 Å². The third-order valence-corrected chi connectivity index (χ3v) is 2.23. The van der Waals surface area contributed by atoms with Gasteiger partial charge in [-0.15, -0.1) is 0 Å². The lowest BCUT2D eigenvalue weighted by atomic mass is 10.2. The second kappa shape index (κ2) is 6.90. The molecular formula is C15H18O2. The Kier molecular flexibility index (Phi) is 5.48. The van der Waals surface area contributed by atoms with Gasteiger partial charge in [0.05, 0.1) is 6.61 Å². The minimum atomic E-state index is -0.766. The number of hydrogen-bond donors (Lipinski definition) is 1. The van der Waals surface area contributed by atoms with Crippen molar-refractivity contribution in [3.63, 3.8) is 0 Å². The summed E-state index contributed by atoms with van der Waals surface area (Å²) in [6.07, 6.45) is -0.970. The zero-order valence-electron chi connectivity index (χ0n) is 10.3. The summed E-state index contributed by atoms with van der Waals surface area (Å²) in [6.45, 7) is 7.77. The fourth-order valence-electron chi connectivity index (χ4n) is 1.16. The molecule has 2 atom stereocenters. The van der Waals surface area contributed by atoms with Crippen LogP contribution in [0.25, 0.3) is 0 Å². The first-order chi connectivity index (χ1) is 8.09. The molecule has 0 saturated heterocycles. The van der Waals surface area contributed by atoms with E-state index in [9.17, 15) is 5.11 Å². The van der Waals surface area contributed by atoms with Gasteiger partial charge in [0, 0.05) is 0 Å². The van der Waals surface area contributed by atoms with Crippen LogP contribution in [0.2, 0.25) is 0 Å². The molecule has 1 rings (SSSR count). The monoisotopic (exact) mass is 230 g/mol. The van der Waals surface area contributed by atoms with Crippen LogP contribution in [0, 0.1) is 11.8 Å². The van der Waals surface area contributed by atoms with E-state index >= 15 is 0 Å². The standard InChI is InChI=1S/C15H18O2/c1-12(2)15(16)10-9-13(3)17-11-14-7-5-4-6-8-14/h4-8,13,15-16H,1,11H2,2-3H3. The molecule has 0 aliphatic heterocycles. The smallest absolute Gasteiger partial charge is 0.135 e. The summed E-state index contributed by atoms with van der Waals surface area (Å²) in [7, 11) is 0. The number of hydrogen-bond acceptors (Lipinski definition) is 2. The van der Waals surface area contributed by atoms with E-state index < -0.39 is 6.10 Å². The molecule has 17 heavy (non-hydrogen) atoms. The Hall–Kier alpha value is -1.56. The van der Waals surface area contributed by atoms with Gasteiger partial charge in [-0.2, -0.15) is 0 Å². The molecule has 0 heterocycles. The fourth-order valence-corrected chi connectivity index (χ4v) is 1.16. The van der Waals surface area contributed by atoms with Crippen LogP contribution in [0.15, 0.2) is 42.5 Å². The average molecular weight is 230 g/mol. The van der Waals surface area contributed by atoms with Crippen molar-refractivity contribution in [1.29, 1.82) is 0 Å². The summed E-state index contributed by atoms with van der Waals surface area (Å²) in [5.74, 6) is 5.55. The second-order valence-electron chi connectivity index (χ2n) is 3.98. The first-order valence-corrected chi connectivity index (χ1v) is 5.59. The van der Waals surface area contributed by atoms with Crippen molar-refractivity contribution in [1.82, 2.24) is 0 Å². The van der Waals surface area contributed by atoms with Gasteiger partial charge >= 0.3 is 0 Å². The minimum absolute atomic E-state index is 0.204. The van der Waals surface area contributed by atoms with E-state index in [2.05, 4.69) is 18.4 Å². The predicted molar refractivity (Wildman–Crippen MR) is 69.3 cm³/mol. The van der Waals surface area contributed by atoms with Gasteiger partial charge in [-0.3, -0.25) is 0 Å². The molecule has 90 valence electrons. The Morgan fingerprint density at radius 1 is 1.35 bits per heavy atom. The molecule has 1 aromatic rings. The van der Waals surface area contributed by atoms with E-state index in [4.69, 9.17) is 4.74 Å². The molecule has 0 saturated carbocycles. The first-order valence-electron chi connectivity index (χ1n) is 5.59. The van der Waals surface area contributed by atoms with Crippen LogP contribution < -0.4 is 0 Å². The molecule has 0 radical (unpaired) electrons. The summed E-state index contributed by atoms with van der Waals surface area (Å²) in [6, 6.07) is 9.92. The SMILES string of the molecule is C=C(C)C(O)C#CC(C)OCc1ccccc1. The van der Waals surface area contributed by atoms with Crippen LogP contribution in [-0.4, -0.2) is 17.3 Å². The third-order valence-electron chi connectivity index (χ3n) is 2.23. The Morgan fingerprint density at radius 2 is 2.00 bits per heavy atom. The molecule has 0 fully saturated rings. The number of rotatable bonds is 4. The topological polar surface area (TPSA) is 29.5 Å². The molecular weight excluding hydrogens is 212 g/mol. The lowest BCUT2D eigenvalue weighted by Crippen LogP contribution is -2.08. The zero-order chi connectivity index (χ0) is 12.7. The molecule has 2 nitrogen and oxygen atoms in total. The van der Waals surface area contributed by atoms with E-state index in [-0.39, 0.29) is 6.10 Å². The Bertz CT molecular complexity index is 412. The number of benzene rings is 1. The van der Waals surface area contributed by atoms with Crippen LogP contribution in [-0.2, 0) is 11.3 Å². The number of aliphatic hydroxyl groups excluding tert-OH is 1. The maximum Gasteiger partial charge on any atom is 0.135 e. The van der Waals surface area contributed by atoms with Crippen molar-refractivity contribution in [2.75, 3.05) is 0 Å². The van der Waals surface area contributed by atoms with Gasteiger partial charge in [-0.05, 0) is 25.0 Å². The van der Waals surface area contributed by atoms with Gasteiger partial charge in [-0.1, -0.05) is 48.8 Å². The highest BCUT2D eigenvalue weighted by Gasteiger charge is 2.00. The maximum absolute atomic E-state index is 9.43. The van der Waals surface area contributed by atoms with Gasteiger partial charge < -0.3 is 9.84 Å². The van der Waals surface area contributed by atoms with Gasteiger partial charge in [0.25, 0.3) is 0 Å². The molecule has 0 aromatic heterocycles. The summed E-state index contributed by atoms with van der Waals surface area (Å²) in [5.41, 5.74) is 1.76. The quantitative estimate of drug-likeness (QED) is 0.636. The van der Waals surface area contributed by atoms with Crippen LogP contribution in [0.5, 0.6) is 0 Å². The Balaban J connectivity index is 2.40. The first kappa shape index (κ1) is 13.5. The van der Waals surface area contributed by atoms with Crippen LogP contribution >= 0.6 is 0 Å². The highest BCUT2D eigenvalue weighted by Crippen LogP contribution is 2.03. The maximum atomic E-state index is 9.43. The van der Waals surface area contributed by atoms with E-state index in [0.29, 0.717) is 12.2 Å². The largest absolute Gasteiger partial charge is 0.376 e. The highest BCUT2D eigenvalue weighted by molar-refractivity contribution is 5.19. The fraction of sp³-hybridized carbons (Fsp3) is 0.333. The van der Waals surface area contributed by atoms with Crippen LogP contribution in [0.1, 0.15) is 19.4 Å². The molecule has 0 aliphatic rings. The van der Waals surface area contributed by atoms with Crippen molar-refractivity contribution < 1.29 is 9.84 Å². The van der Waals surface area contributed by atoms with E-state index in [1.165, 1.54) is 0 Å². The third kappa shape index (κ3) is 5.35. The van der Waals surface area contributed by atoms with E-state index in [1.54, 1.807) is 6.92 Å². The van der Waals surface area contributed by atoms with E-state index in [0.717, 1.165) is 5.56 Å². The van der Waals surface area contributed by atoms with Gasteiger partial charge in [0.1, 0.15) is 12.2 Å². The highest BCUT2D eigenvalue weighted by atomic mass is 16.5. The van der Waals surface area contributed by atoms with Gasteiger partial charge in [0.15, 0.2) is 0 Å². The minimum Gasteiger partial charge on any atom is -0.376 e. The molecule has 0 bridgehead atoms. The van der Waals surface area contributed by atoms with Gasteiger partial charge in [-0.25, -0.2) is 0 Å². The summed E-state index contributed by atoms with van der Waals surface area (Å²) in [4.78, 5) is 0. The Morgan fingerprint density at radius 3 is 2.59 bits per heavy atom. The molecule has 2 unspecified atom stereocenters. The lowest BCUT2D eigenvalue weighted by Gasteiger charge is -2.07. The summed E-state index contributed by atoms with van der Waals surface area (Å²) >= 11 is 0. The zero-order valence-corrected chi connectivity index (χ0v) is 10.3. The second-order valence-corrected chi connectivity index (χ2v) is 3.98. The lowest BCUT2D eigenvalue weighted by molar-refractivity contribution is 0.0897. The summed E-state index contributed by atoms with van der Waals surface area (Å²) in [5, 5.41) is 9.43. The van der Waals surface area contributed by atoms with Crippen LogP contribution in [0.3, 0.4) is 0 Å². The molecule has 0 aliphatic carbocycles. The number of ether oxygens (including phenoxy) is 1. The van der Waals surface area contributed by atoms with Crippen molar-refractivity contribution in [2.45, 2.75) is 32.7 Å². The van der Waals surface area contributed by atoms with Crippen LogP contribution in [0.4, 0.5) is 0 Å². The van der Waals surface area contributed by atoms with Crippen molar-refractivity contribution in [3.05, 3.63) is 48.0 Å². The van der Waals surface area contributed by atoms with Gasteiger partial charge in [0.2, 0.25) is 0 Å². The molecule has 1 N–H and O–H groups in total. The summed E-state index contributed by atoms with van der Waals surface area (Å²) < 4.78 is 5.54. The Labute approximate surface area is 103 Å². The molecule has 1 aromatic carbocycles. The van der Waals surface area contributed by atoms with Crippen molar-refractivity contribution in [2.24, 2.45) is 0 Å². The van der Waals surface area contributed by atoms with Crippen molar-refractivity contribution >= 4 is 0 Å². The predicted octanol–water partition coefficient (Wildman–Crippen LogP) is 2.53. The molecule has 0 spiro atoms.